The van der Waals surface area contributed by atoms with Crippen molar-refractivity contribution >= 4 is 35.6 Å². The van der Waals surface area contributed by atoms with Gasteiger partial charge in [0, 0.05) is 49.2 Å². The van der Waals surface area contributed by atoms with Gasteiger partial charge >= 0.3 is 0 Å². The van der Waals surface area contributed by atoms with Gasteiger partial charge in [-0.25, -0.2) is 0 Å². The fraction of sp³-hybridized carbons (Fsp3) is 0.400. The Balaban J connectivity index is 1.35. The molecule has 4 atom stereocenters. The predicted octanol–water partition coefficient (Wildman–Crippen LogP) is 6.87. The molecule has 57 heavy (non-hydrogen) atoms. The summed E-state index contributed by atoms with van der Waals surface area (Å²) in [5, 5.41) is 25.3. The highest BCUT2D eigenvalue weighted by Crippen LogP contribution is 2.60. The number of aromatic nitrogens is 5. The highest BCUT2D eigenvalue weighted by atomic mass is 28.3. The molecule has 1 spiro atoms. The molecule has 5 aromatic rings. The fourth-order valence-electron chi connectivity index (χ4n) is 9.03. The molecule has 4 heterocycles. The van der Waals surface area contributed by atoms with Crippen LogP contribution in [0.1, 0.15) is 58.2 Å². The molecule has 0 radical (unpaired) electrons. The van der Waals surface area contributed by atoms with Gasteiger partial charge in [0.1, 0.15) is 5.75 Å². The number of aliphatic hydroxyl groups excluding tert-OH is 1. The number of allylic oxidation sites excluding steroid dienone is 3. The van der Waals surface area contributed by atoms with E-state index in [1.54, 1.807) is 18.0 Å². The third-order valence-corrected chi connectivity index (χ3v) is 16.4. The second-order valence-electron chi connectivity index (χ2n) is 16.3. The number of nitrogens with zero attached hydrogens (tertiary/aromatic N) is 6. The second-order valence-corrected chi connectivity index (χ2v) is 21.0. The first-order valence-electron chi connectivity index (χ1n) is 19.9. The van der Waals surface area contributed by atoms with Crippen molar-refractivity contribution in [2.45, 2.75) is 90.3 Å². The summed E-state index contributed by atoms with van der Waals surface area (Å²) < 4.78 is 16.2. The van der Waals surface area contributed by atoms with Crippen LogP contribution in [0.3, 0.4) is 0 Å². The molecule has 0 aliphatic carbocycles. The average molecular weight is 787 g/mol. The molecule has 1 amide bonds. The van der Waals surface area contributed by atoms with E-state index >= 15 is 4.79 Å². The summed E-state index contributed by atoms with van der Waals surface area (Å²) in [7, 11) is -0.741. The molecule has 298 valence electrons. The number of benzene rings is 3. The van der Waals surface area contributed by atoms with Crippen molar-refractivity contribution in [3.8, 4) is 11.4 Å². The number of amides is 1. The molecule has 0 saturated carbocycles. The first-order chi connectivity index (χ1) is 27.4. The number of aryl methyl sites for hydroxylation is 1. The van der Waals surface area contributed by atoms with E-state index < -0.39 is 13.7 Å². The summed E-state index contributed by atoms with van der Waals surface area (Å²) in [6.45, 7) is 14.2. The Morgan fingerprint density at radius 2 is 1.81 bits per heavy atom. The first kappa shape index (κ1) is 40.0. The zero-order valence-corrected chi connectivity index (χ0v) is 35.1. The number of aliphatic hydroxyl groups is 1. The van der Waals surface area contributed by atoms with Crippen LogP contribution in [0.4, 0.5) is 5.69 Å². The molecule has 12 heteroatoms. The second kappa shape index (κ2) is 16.4. The summed E-state index contributed by atoms with van der Waals surface area (Å²) in [5.41, 5.74) is 3.81. The maximum Gasteiger partial charge on any atom is 0.279 e. The quantitative estimate of drug-likeness (QED) is 0.0957. The summed E-state index contributed by atoms with van der Waals surface area (Å²) in [6, 6.07) is 21.6. The monoisotopic (exact) mass is 786 g/mol. The molecule has 1 saturated heterocycles. The lowest BCUT2D eigenvalue weighted by atomic mass is 9.82. The summed E-state index contributed by atoms with van der Waals surface area (Å²) in [6.07, 6.45) is 10.5. The van der Waals surface area contributed by atoms with Gasteiger partial charge in [0.15, 0.2) is 5.60 Å². The Hall–Kier alpha value is -5.17. The van der Waals surface area contributed by atoms with Crippen LogP contribution in [0.25, 0.3) is 16.5 Å². The number of methoxy groups -OCH3 is 1. The Bertz CT molecular complexity index is 2380. The van der Waals surface area contributed by atoms with E-state index in [0.29, 0.717) is 37.0 Å². The third kappa shape index (κ3) is 7.53. The van der Waals surface area contributed by atoms with Gasteiger partial charge in [-0.05, 0) is 82.0 Å². The third-order valence-electron chi connectivity index (χ3n) is 12.1. The number of ether oxygens (including phenoxy) is 2. The van der Waals surface area contributed by atoms with Crippen molar-refractivity contribution in [2.24, 2.45) is 5.92 Å². The van der Waals surface area contributed by atoms with Gasteiger partial charge in [0.25, 0.3) is 11.5 Å². The lowest BCUT2D eigenvalue weighted by molar-refractivity contribution is -0.145. The molecular weight excluding hydrogens is 733 g/mol. The molecule has 3 aromatic carbocycles. The SMILES string of the molecule is COc1ccc([Si](C)(C)[C@@H]2[C@@H](CCn3cc(CCO)nn3)O[C@]3(C(=O)N(C/C=C(\C)CCC=C(C)C)c4ccc(-n5ncc6ccccc6c5=O)cc43)[C@H]2C)cc1. The number of rotatable bonds is 14. The molecule has 11 nitrogen and oxygen atoms in total. The highest BCUT2D eigenvalue weighted by molar-refractivity contribution is 6.91. The van der Waals surface area contributed by atoms with Crippen molar-refractivity contribution in [3.05, 3.63) is 124 Å². The van der Waals surface area contributed by atoms with Crippen molar-refractivity contribution in [1.82, 2.24) is 24.8 Å². The smallest absolute Gasteiger partial charge is 0.279 e. The van der Waals surface area contributed by atoms with Crippen molar-refractivity contribution in [1.29, 1.82) is 0 Å². The maximum absolute atomic E-state index is 15.4. The maximum atomic E-state index is 15.4. The standard InChI is InChI=1S/C45H54N6O5Si/c1-30(2)11-10-12-31(3)21-25-50-40-20-15-35(51-43(53)38-14-9-8-13-33(38)28-46-51)27-39(40)45(44(50)54)32(4)42(57(6,7)37-18-16-36(55-5)17-19-37)41(56-45)22-24-49-29-34(23-26-52)47-48-49/h8-9,11,13-21,27-29,32,41-42,52H,10,12,22-26H2,1-7H3/b31-21+/t32-,41+,42-,45+/m0/s1. The predicted molar refractivity (Wildman–Crippen MR) is 227 cm³/mol. The van der Waals surface area contributed by atoms with Gasteiger partial charge in [-0.1, -0.05) is 84.0 Å². The number of carbonyl (C=O) groups is 1. The molecule has 2 aliphatic rings. The van der Waals surface area contributed by atoms with E-state index in [1.165, 1.54) is 21.0 Å². The normalized spacial score (nSPS) is 20.8. The van der Waals surface area contributed by atoms with Crippen LogP contribution >= 0.6 is 0 Å². The minimum absolute atomic E-state index is 0.000776. The zero-order valence-electron chi connectivity index (χ0n) is 34.1. The van der Waals surface area contributed by atoms with E-state index in [-0.39, 0.29) is 35.6 Å². The molecule has 0 unspecified atom stereocenters. The largest absolute Gasteiger partial charge is 0.497 e. The van der Waals surface area contributed by atoms with Gasteiger partial charge in [-0.3, -0.25) is 14.3 Å². The number of anilines is 1. The van der Waals surface area contributed by atoms with Crippen LogP contribution < -0.4 is 20.4 Å². The molecule has 1 fully saturated rings. The Labute approximate surface area is 335 Å². The van der Waals surface area contributed by atoms with Crippen LogP contribution in [-0.2, 0) is 28.1 Å². The van der Waals surface area contributed by atoms with Gasteiger partial charge in [0.2, 0.25) is 0 Å². The van der Waals surface area contributed by atoms with Crippen LogP contribution in [0.5, 0.6) is 5.75 Å². The molecule has 0 bridgehead atoms. The van der Waals surface area contributed by atoms with Crippen molar-refractivity contribution in [3.63, 3.8) is 0 Å². The van der Waals surface area contributed by atoms with E-state index in [0.717, 1.165) is 40.9 Å². The zero-order chi connectivity index (χ0) is 40.5. The Morgan fingerprint density at radius 3 is 2.54 bits per heavy atom. The average Bonchev–Trinajstić information content (AvgIpc) is 3.85. The summed E-state index contributed by atoms with van der Waals surface area (Å²) in [5.74, 6) is 0.469. The fourth-order valence-corrected chi connectivity index (χ4v) is 13.1. The van der Waals surface area contributed by atoms with Gasteiger partial charge < -0.3 is 19.5 Å². The molecule has 2 aliphatic heterocycles. The Kier molecular flexibility index (Phi) is 11.5. The minimum Gasteiger partial charge on any atom is -0.497 e. The van der Waals surface area contributed by atoms with Crippen molar-refractivity contribution in [2.75, 3.05) is 25.2 Å². The first-order valence-corrected chi connectivity index (χ1v) is 23.0. The van der Waals surface area contributed by atoms with E-state index in [4.69, 9.17) is 9.47 Å². The van der Waals surface area contributed by atoms with Gasteiger partial charge in [-0.2, -0.15) is 9.78 Å². The van der Waals surface area contributed by atoms with Gasteiger partial charge in [-0.15, -0.1) is 5.10 Å². The van der Waals surface area contributed by atoms with Gasteiger partial charge in [0.05, 0.1) is 49.9 Å². The number of hydrogen-bond donors (Lipinski definition) is 1. The van der Waals surface area contributed by atoms with Crippen LogP contribution in [-0.4, -0.2) is 70.2 Å². The summed E-state index contributed by atoms with van der Waals surface area (Å²) in [4.78, 5) is 31.2. The molecule has 7 rings (SSSR count). The lowest BCUT2D eigenvalue weighted by Crippen LogP contribution is -2.52. The number of fused-ring (bicyclic) bond motifs is 3. The van der Waals surface area contributed by atoms with E-state index in [1.807, 2.05) is 65.7 Å². The van der Waals surface area contributed by atoms with Crippen LogP contribution in [0.15, 0.2) is 107 Å². The summed E-state index contributed by atoms with van der Waals surface area (Å²) >= 11 is 0. The van der Waals surface area contributed by atoms with Crippen LogP contribution in [0, 0.1) is 5.92 Å². The molecule has 2 aromatic heterocycles. The lowest BCUT2D eigenvalue weighted by Gasteiger charge is -2.37. The molecular formula is C45H54N6O5Si. The number of carbonyl (C=O) groups excluding carboxylic acids is 1. The van der Waals surface area contributed by atoms with E-state index in [2.05, 4.69) is 80.5 Å². The Morgan fingerprint density at radius 1 is 1.04 bits per heavy atom. The topological polar surface area (TPSA) is 125 Å². The minimum atomic E-state index is -2.41. The highest BCUT2D eigenvalue weighted by Gasteiger charge is 2.66. The van der Waals surface area contributed by atoms with E-state index in [9.17, 15) is 9.90 Å². The van der Waals surface area contributed by atoms with Crippen molar-refractivity contribution < 1.29 is 19.4 Å². The molecule has 1 N–H and O–H groups in total. The van der Waals surface area contributed by atoms with Crippen LogP contribution in [0.2, 0.25) is 18.6 Å². The number of hydrogen-bond acceptors (Lipinski definition) is 8.